The maximum absolute atomic E-state index is 13.8. The highest BCUT2D eigenvalue weighted by Gasteiger charge is 2.31. The molecule has 1 aliphatic rings. The van der Waals surface area contributed by atoms with Crippen LogP contribution in [-0.2, 0) is 24.3 Å². The van der Waals surface area contributed by atoms with Crippen LogP contribution in [-0.4, -0.2) is 39.8 Å². The molecule has 0 saturated heterocycles. The van der Waals surface area contributed by atoms with Crippen LogP contribution in [0.1, 0.15) is 40.7 Å². The van der Waals surface area contributed by atoms with E-state index in [9.17, 15) is 4.79 Å². The van der Waals surface area contributed by atoms with E-state index in [1.54, 1.807) is 6.07 Å². The zero-order valence-corrected chi connectivity index (χ0v) is 22.9. The Morgan fingerprint density at radius 2 is 1.76 bits per heavy atom. The number of amides is 1. The van der Waals surface area contributed by atoms with E-state index in [4.69, 9.17) is 23.2 Å². The van der Waals surface area contributed by atoms with Gasteiger partial charge in [0.2, 0.25) is 5.91 Å². The van der Waals surface area contributed by atoms with Crippen molar-refractivity contribution in [2.75, 3.05) is 13.1 Å². The van der Waals surface area contributed by atoms with E-state index in [2.05, 4.69) is 66.3 Å². The molecule has 0 bridgehead atoms. The minimum absolute atomic E-state index is 0.142. The molecule has 0 radical (unpaired) electrons. The van der Waals surface area contributed by atoms with Gasteiger partial charge in [-0.1, -0.05) is 71.2 Å². The van der Waals surface area contributed by atoms with Crippen molar-refractivity contribution in [2.24, 2.45) is 0 Å². The molecule has 4 aromatic rings. The zero-order valence-electron chi connectivity index (χ0n) is 21.4. The van der Waals surface area contributed by atoms with Gasteiger partial charge in [-0.25, -0.2) is 0 Å². The minimum atomic E-state index is 0.142. The van der Waals surface area contributed by atoms with Crippen molar-refractivity contribution in [3.63, 3.8) is 0 Å². The second-order valence-electron chi connectivity index (χ2n) is 10.2. The van der Waals surface area contributed by atoms with Gasteiger partial charge < -0.3 is 9.88 Å². The number of carbonyl (C=O) groups excluding carboxylic acids is 1. The van der Waals surface area contributed by atoms with Crippen molar-refractivity contribution in [3.05, 3.63) is 105 Å². The first-order valence-electron chi connectivity index (χ1n) is 12.9. The summed E-state index contributed by atoms with van der Waals surface area (Å²) in [5.41, 5.74) is 7.15. The summed E-state index contributed by atoms with van der Waals surface area (Å²) >= 11 is 12.5. The van der Waals surface area contributed by atoms with Gasteiger partial charge in [0.05, 0.1) is 16.6 Å². The summed E-state index contributed by atoms with van der Waals surface area (Å²) in [7, 11) is 0. The molecular formula is C31H33Cl2N3O. The fourth-order valence-corrected chi connectivity index (χ4v) is 5.28. The van der Waals surface area contributed by atoms with E-state index >= 15 is 0 Å². The number of halogens is 2. The van der Waals surface area contributed by atoms with Gasteiger partial charge in [0.1, 0.15) is 0 Å². The van der Waals surface area contributed by atoms with Crippen LogP contribution in [0, 0.1) is 13.8 Å². The van der Waals surface area contributed by atoms with Crippen LogP contribution in [0.15, 0.2) is 66.9 Å². The van der Waals surface area contributed by atoms with E-state index in [1.807, 2.05) is 23.1 Å². The predicted octanol–water partition coefficient (Wildman–Crippen LogP) is 7.33. The highest BCUT2D eigenvalue weighted by Crippen LogP contribution is 2.30. The Morgan fingerprint density at radius 1 is 0.946 bits per heavy atom. The number of para-hydroxylation sites is 1. The summed E-state index contributed by atoms with van der Waals surface area (Å²) in [6, 6.07) is 21.0. The van der Waals surface area contributed by atoms with E-state index in [0.29, 0.717) is 35.7 Å². The highest BCUT2D eigenvalue weighted by atomic mass is 35.5. The lowest BCUT2D eigenvalue weighted by Gasteiger charge is -2.28. The summed E-state index contributed by atoms with van der Waals surface area (Å²) in [4.78, 5) is 21.5. The Morgan fingerprint density at radius 3 is 2.54 bits per heavy atom. The molecule has 0 atom stereocenters. The molecule has 37 heavy (non-hydrogen) atoms. The van der Waals surface area contributed by atoms with Crippen LogP contribution in [0.3, 0.4) is 0 Å². The third-order valence-electron chi connectivity index (χ3n) is 7.32. The fraction of sp³-hybridized carbons (Fsp3) is 0.323. The second kappa shape index (κ2) is 11.3. The molecule has 1 amide bonds. The van der Waals surface area contributed by atoms with Gasteiger partial charge >= 0.3 is 0 Å². The van der Waals surface area contributed by atoms with Crippen LogP contribution >= 0.6 is 23.2 Å². The average Bonchev–Trinajstić information content (AvgIpc) is 3.66. The van der Waals surface area contributed by atoms with Crippen molar-refractivity contribution in [2.45, 2.75) is 52.2 Å². The van der Waals surface area contributed by atoms with Gasteiger partial charge in [0, 0.05) is 42.8 Å². The molecule has 1 heterocycles. The van der Waals surface area contributed by atoms with Crippen LogP contribution in [0.5, 0.6) is 0 Å². The number of carbonyl (C=O) groups is 1. The molecule has 0 aliphatic heterocycles. The molecule has 0 spiro atoms. The smallest absolute Gasteiger partial charge is 0.237 e. The topological polar surface area (TPSA) is 39.3 Å². The number of benzene rings is 3. The number of rotatable bonds is 10. The Bertz CT molecular complexity index is 1410. The van der Waals surface area contributed by atoms with Gasteiger partial charge in [0.15, 0.2) is 0 Å². The van der Waals surface area contributed by atoms with E-state index in [-0.39, 0.29) is 5.91 Å². The quantitative estimate of drug-likeness (QED) is 0.231. The van der Waals surface area contributed by atoms with E-state index < -0.39 is 0 Å². The van der Waals surface area contributed by atoms with E-state index in [1.165, 1.54) is 27.6 Å². The number of H-pyrrole nitrogens is 1. The largest absolute Gasteiger partial charge is 0.361 e. The number of hydrogen-bond acceptors (Lipinski definition) is 2. The standard InChI is InChI=1S/C31H33Cl2N3O/c1-21-7-8-22(2)25(15-21)19-36(26-10-11-26)20-31(37)35(18-23-9-12-28(32)29(33)16-23)14-13-24-17-34-30-6-4-3-5-27(24)30/h3-9,12,15-17,26,34H,10-11,13-14,18-20H2,1-2H3. The minimum Gasteiger partial charge on any atom is -0.361 e. The number of aromatic nitrogens is 1. The maximum atomic E-state index is 13.8. The van der Waals surface area contributed by atoms with Crippen molar-refractivity contribution < 1.29 is 4.79 Å². The number of hydrogen-bond donors (Lipinski definition) is 1. The van der Waals surface area contributed by atoms with Crippen molar-refractivity contribution in [3.8, 4) is 0 Å². The molecule has 6 heteroatoms. The Hall–Kier alpha value is -2.79. The summed E-state index contributed by atoms with van der Waals surface area (Å²) < 4.78 is 0. The summed E-state index contributed by atoms with van der Waals surface area (Å²) in [6.07, 6.45) is 5.14. The lowest BCUT2D eigenvalue weighted by molar-refractivity contribution is -0.133. The normalized spacial score (nSPS) is 13.4. The molecule has 4 nitrogen and oxygen atoms in total. The number of aromatic amines is 1. The average molecular weight is 535 g/mol. The number of nitrogens with zero attached hydrogens (tertiary/aromatic N) is 2. The first kappa shape index (κ1) is 25.8. The van der Waals surface area contributed by atoms with E-state index in [0.717, 1.165) is 36.9 Å². The molecule has 0 unspecified atom stereocenters. The second-order valence-corrected chi connectivity index (χ2v) is 11.1. The SMILES string of the molecule is Cc1ccc(C)c(CN(CC(=O)N(CCc2c[nH]c3ccccc23)Cc2ccc(Cl)c(Cl)c2)C2CC2)c1. The van der Waals surface area contributed by atoms with Crippen molar-refractivity contribution in [1.82, 2.24) is 14.8 Å². The molecule has 1 saturated carbocycles. The van der Waals surface area contributed by atoms with Gasteiger partial charge in [-0.15, -0.1) is 0 Å². The maximum Gasteiger partial charge on any atom is 0.237 e. The lowest BCUT2D eigenvalue weighted by Crippen LogP contribution is -2.41. The third kappa shape index (κ3) is 6.38. The molecule has 1 aromatic heterocycles. The molecule has 1 N–H and O–H groups in total. The monoisotopic (exact) mass is 533 g/mol. The molecule has 3 aromatic carbocycles. The molecule has 1 fully saturated rings. The first-order chi connectivity index (χ1) is 17.9. The van der Waals surface area contributed by atoms with Gasteiger partial charge in [-0.2, -0.15) is 0 Å². The molecule has 5 rings (SSSR count). The van der Waals surface area contributed by atoms with Crippen LogP contribution in [0.25, 0.3) is 10.9 Å². The van der Waals surface area contributed by atoms with Gasteiger partial charge in [-0.3, -0.25) is 9.69 Å². The zero-order chi connectivity index (χ0) is 25.9. The number of nitrogens with one attached hydrogen (secondary N) is 1. The fourth-order valence-electron chi connectivity index (χ4n) is 4.96. The Balaban J connectivity index is 1.35. The van der Waals surface area contributed by atoms with Crippen LogP contribution < -0.4 is 0 Å². The lowest BCUT2D eigenvalue weighted by atomic mass is 10.0. The molecule has 1 aliphatic carbocycles. The first-order valence-corrected chi connectivity index (χ1v) is 13.7. The number of fused-ring (bicyclic) bond motifs is 1. The molecule has 192 valence electrons. The third-order valence-corrected chi connectivity index (χ3v) is 8.05. The van der Waals surface area contributed by atoms with Crippen LogP contribution in [0.4, 0.5) is 0 Å². The van der Waals surface area contributed by atoms with Gasteiger partial charge in [-0.05, 0) is 73.6 Å². The summed E-state index contributed by atoms with van der Waals surface area (Å²) in [5.74, 6) is 0.142. The van der Waals surface area contributed by atoms with Gasteiger partial charge in [0.25, 0.3) is 0 Å². The van der Waals surface area contributed by atoms with Crippen molar-refractivity contribution >= 4 is 40.0 Å². The molecular weight excluding hydrogens is 501 g/mol. The van der Waals surface area contributed by atoms with Crippen LogP contribution in [0.2, 0.25) is 10.0 Å². The Labute approximate surface area is 229 Å². The van der Waals surface area contributed by atoms with Crippen molar-refractivity contribution in [1.29, 1.82) is 0 Å². The predicted molar refractivity (Wildman–Crippen MR) is 153 cm³/mol. The summed E-state index contributed by atoms with van der Waals surface area (Å²) in [5, 5.41) is 2.24. The highest BCUT2D eigenvalue weighted by molar-refractivity contribution is 6.42. The number of aryl methyl sites for hydroxylation is 2. The Kier molecular flexibility index (Phi) is 7.89. The summed E-state index contributed by atoms with van der Waals surface area (Å²) in [6.45, 7) is 6.61.